The summed E-state index contributed by atoms with van der Waals surface area (Å²) in [6.07, 6.45) is -0.468. The smallest absolute Gasteiger partial charge is 0.408 e. The van der Waals surface area contributed by atoms with Gasteiger partial charge in [0.25, 0.3) is 0 Å². The van der Waals surface area contributed by atoms with Gasteiger partial charge < -0.3 is 10.1 Å². The van der Waals surface area contributed by atoms with Crippen LogP contribution >= 0.6 is 11.6 Å². The van der Waals surface area contributed by atoms with Crippen LogP contribution in [0.2, 0.25) is 0 Å². The Kier molecular flexibility index (Phi) is 4.54. The van der Waals surface area contributed by atoms with Crippen molar-refractivity contribution in [1.29, 1.82) is 0 Å². The molecule has 0 aromatic carbocycles. The first-order chi connectivity index (χ1) is 5.73. The van der Waals surface area contributed by atoms with Gasteiger partial charge in [0.2, 0.25) is 0 Å². The number of hydrogen-bond acceptors (Lipinski definition) is 2. The van der Waals surface area contributed by atoms with E-state index in [2.05, 4.69) is 5.32 Å². The Balaban J connectivity index is 3.93. The van der Waals surface area contributed by atoms with E-state index < -0.39 is 11.7 Å². The number of alkyl halides is 1. The highest BCUT2D eigenvalue weighted by atomic mass is 35.5. The van der Waals surface area contributed by atoms with E-state index in [1.165, 1.54) is 0 Å². The lowest BCUT2D eigenvalue weighted by atomic mass is 9.88. The molecule has 0 saturated carbocycles. The van der Waals surface area contributed by atoms with Crippen molar-refractivity contribution in [2.75, 3.05) is 0 Å². The molecule has 1 unspecified atom stereocenters. The number of alkyl carbamates (subject to hydrolysis) is 1. The van der Waals surface area contributed by atoms with E-state index in [4.69, 9.17) is 16.3 Å². The summed E-state index contributed by atoms with van der Waals surface area (Å²) in [6.45, 7) is 9.66. The summed E-state index contributed by atoms with van der Waals surface area (Å²) in [5, 5.41) is 2.71. The third-order valence-electron chi connectivity index (χ3n) is 1.90. The van der Waals surface area contributed by atoms with Gasteiger partial charge in [-0.2, -0.15) is 0 Å². The highest BCUT2D eigenvalue weighted by Gasteiger charge is 2.22. The lowest BCUT2D eigenvalue weighted by molar-refractivity contribution is 0.127. The molecule has 1 N–H and O–H groups in total. The minimum atomic E-state index is -0.591. The van der Waals surface area contributed by atoms with Gasteiger partial charge in [0.05, 0.1) is 0 Å². The Morgan fingerprint density at radius 2 is 1.85 bits per heavy atom. The summed E-state index contributed by atoms with van der Waals surface area (Å²) in [5.41, 5.74) is -0.568. The van der Waals surface area contributed by atoms with Crippen LogP contribution in [0, 0.1) is 5.41 Å². The molecule has 0 aromatic rings. The molecule has 3 nitrogen and oxygen atoms in total. The number of carbonyl (C=O) groups is 1. The Morgan fingerprint density at radius 1 is 1.38 bits per heavy atom. The van der Waals surface area contributed by atoms with Crippen molar-refractivity contribution >= 4 is 17.7 Å². The molecule has 0 rings (SSSR count). The first kappa shape index (κ1) is 12.6. The van der Waals surface area contributed by atoms with Crippen molar-refractivity contribution in [3.63, 3.8) is 0 Å². The first-order valence-corrected chi connectivity index (χ1v) is 4.78. The van der Waals surface area contributed by atoms with Crippen molar-refractivity contribution in [2.24, 2.45) is 5.41 Å². The summed E-state index contributed by atoms with van der Waals surface area (Å²) < 4.78 is 4.73. The molecule has 0 aliphatic rings. The second-order valence-corrected chi connectivity index (χ2v) is 4.79. The molecule has 0 fully saturated rings. The summed E-state index contributed by atoms with van der Waals surface area (Å²) >= 11 is 5.49. The summed E-state index contributed by atoms with van der Waals surface area (Å²) in [4.78, 5) is 11.1. The number of nitrogens with one attached hydrogen (secondary N) is 1. The van der Waals surface area contributed by atoms with Gasteiger partial charge in [-0.25, -0.2) is 4.79 Å². The van der Waals surface area contributed by atoms with E-state index in [-0.39, 0.29) is 11.5 Å². The van der Waals surface area contributed by atoms with Crippen LogP contribution in [-0.2, 0) is 4.74 Å². The van der Waals surface area contributed by atoms with Gasteiger partial charge in [0.15, 0.2) is 5.56 Å². The van der Waals surface area contributed by atoms with E-state index in [1.54, 1.807) is 6.92 Å². The van der Waals surface area contributed by atoms with Crippen LogP contribution in [0.4, 0.5) is 4.79 Å². The van der Waals surface area contributed by atoms with E-state index in [9.17, 15) is 4.79 Å². The van der Waals surface area contributed by atoms with Gasteiger partial charge >= 0.3 is 6.09 Å². The van der Waals surface area contributed by atoms with Crippen molar-refractivity contribution in [3.05, 3.63) is 0 Å². The van der Waals surface area contributed by atoms with Crippen LogP contribution in [0.3, 0.4) is 0 Å². The third kappa shape index (κ3) is 5.75. The van der Waals surface area contributed by atoms with Gasteiger partial charge in [-0.1, -0.05) is 32.4 Å². The maximum Gasteiger partial charge on any atom is 0.408 e. The minimum Gasteiger partial charge on any atom is -0.430 e. The Morgan fingerprint density at radius 3 is 2.15 bits per heavy atom. The van der Waals surface area contributed by atoms with Gasteiger partial charge in [-0.3, -0.25) is 0 Å². The Hall–Kier alpha value is -0.440. The van der Waals surface area contributed by atoms with Crippen molar-refractivity contribution < 1.29 is 9.53 Å². The molecule has 0 aliphatic heterocycles. The normalized spacial score (nSPS) is 16.2. The van der Waals surface area contributed by atoms with Crippen LogP contribution in [0.25, 0.3) is 0 Å². The number of carbonyl (C=O) groups excluding carboxylic acids is 1. The van der Waals surface area contributed by atoms with Crippen LogP contribution in [0.15, 0.2) is 0 Å². The average Bonchev–Trinajstić information content (AvgIpc) is 1.82. The number of halogens is 1. The number of ether oxygens (including phenoxy) is 1. The number of amides is 1. The largest absolute Gasteiger partial charge is 0.430 e. The Labute approximate surface area is 84.8 Å². The van der Waals surface area contributed by atoms with Crippen LogP contribution in [0.5, 0.6) is 0 Å². The molecule has 0 spiro atoms. The maximum absolute atomic E-state index is 11.1. The molecule has 78 valence electrons. The molecule has 0 heterocycles. The maximum atomic E-state index is 11.1. The fourth-order valence-corrected chi connectivity index (χ4v) is 0.656. The molecule has 0 aromatic heterocycles. The zero-order valence-electron chi connectivity index (χ0n) is 8.85. The topological polar surface area (TPSA) is 38.3 Å². The molecule has 1 amide bonds. The molecular weight excluding hydrogens is 190 g/mol. The van der Waals surface area contributed by atoms with Gasteiger partial charge in [-0.15, -0.1) is 0 Å². The molecular formula is C9H18ClNO2. The van der Waals surface area contributed by atoms with Gasteiger partial charge in [0, 0.05) is 6.04 Å². The predicted octanol–water partition coefficient (Wildman–Crippen LogP) is 2.73. The number of hydrogen-bond donors (Lipinski definition) is 1. The fourth-order valence-electron chi connectivity index (χ4n) is 0.575. The first-order valence-electron chi connectivity index (χ1n) is 4.34. The molecule has 4 heteroatoms. The minimum absolute atomic E-state index is 0.0224. The Bertz CT molecular complexity index is 175. The van der Waals surface area contributed by atoms with E-state index in [0.29, 0.717) is 0 Å². The second-order valence-electron chi connectivity index (χ2n) is 4.18. The second kappa shape index (κ2) is 4.70. The van der Waals surface area contributed by atoms with Crippen molar-refractivity contribution in [3.8, 4) is 0 Å². The lowest BCUT2D eigenvalue weighted by Crippen LogP contribution is -2.42. The molecule has 0 saturated heterocycles. The van der Waals surface area contributed by atoms with Crippen molar-refractivity contribution in [2.45, 2.75) is 46.2 Å². The lowest BCUT2D eigenvalue weighted by Gasteiger charge is -2.27. The zero-order chi connectivity index (χ0) is 10.6. The fraction of sp³-hybridized carbons (Fsp3) is 0.889. The zero-order valence-corrected chi connectivity index (χ0v) is 9.61. The third-order valence-corrected chi connectivity index (χ3v) is 1.99. The summed E-state index contributed by atoms with van der Waals surface area (Å²) in [5.74, 6) is 0. The number of rotatable bonds is 2. The average molecular weight is 208 g/mol. The molecule has 13 heavy (non-hydrogen) atoms. The van der Waals surface area contributed by atoms with E-state index in [1.807, 2.05) is 27.7 Å². The standard InChI is InChI=1S/C9H18ClNO2/c1-6(9(3,4)5)11-8(12)13-7(2)10/h6-7H,1-5H3,(H,11,12)/t6-,7?/m1/s1. The molecule has 2 atom stereocenters. The van der Waals surface area contributed by atoms with Gasteiger partial charge in [-0.05, 0) is 19.3 Å². The molecule has 0 aliphatic carbocycles. The monoisotopic (exact) mass is 207 g/mol. The highest BCUT2D eigenvalue weighted by Crippen LogP contribution is 2.18. The predicted molar refractivity (Wildman–Crippen MR) is 53.8 cm³/mol. The summed E-state index contributed by atoms with van der Waals surface area (Å²) in [7, 11) is 0. The SMILES string of the molecule is CC(Cl)OC(=O)N[C@H](C)C(C)(C)C. The quantitative estimate of drug-likeness (QED) is 0.708. The summed E-state index contributed by atoms with van der Waals surface area (Å²) in [6, 6.07) is 0.0513. The van der Waals surface area contributed by atoms with E-state index in [0.717, 1.165) is 0 Å². The van der Waals surface area contributed by atoms with Gasteiger partial charge in [0.1, 0.15) is 0 Å². The molecule has 0 bridgehead atoms. The van der Waals surface area contributed by atoms with Crippen LogP contribution < -0.4 is 5.32 Å². The van der Waals surface area contributed by atoms with Crippen molar-refractivity contribution in [1.82, 2.24) is 5.32 Å². The van der Waals surface area contributed by atoms with Crippen LogP contribution in [0.1, 0.15) is 34.6 Å². The van der Waals surface area contributed by atoms with Crippen LogP contribution in [-0.4, -0.2) is 17.7 Å². The highest BCUT2D eigenvalue weighted by molar-refractivity contribution is 6.19. The van der Waals surface area contributed by atoms with E-state index >= 15 is 0 Å². The molecule has 0 radical (unpaired) electrons.